The van der Waals surface area contributed by atoms with Gasteiger partial charge in [0.1, 0.15) is 5.82 Å². The fraction of sp³-hybridized carbons (Fsp3) is 0.429. The largest absolute Gasteiger partial charge is 0.481 e. The molecule has 0 fully saturated rings. The summed E-state index contributed by atoms with van der Waals surface area (Å²) in [5.74, 6) is -2.15. The van der Waals surface area contributed by atoms with Crippen LogP contribution in [0.3, 0.4) is 0 Å². The molecular weight excluding hydrogens is 263 g/mol. The first kappa shape index (κ1) is 15.9. The first-order valence-corrected chi connectivity index (χ1v) is 6.34. The average Bonchev–Trinajstić information content (AvgIpc) is 2.26. The molecule has 0 spiro atoms. The van der Waals surface area contributed by atoms with E-state index in [0.717, 1.165) is 0 Å². The number of carboxylic acid groups (broad SMARTS) is 1. The van der Waals surface area contributed by atoms with E-state index >= 15 is 0 Å². The van der Waals surface area contributed by atoms with Gasteiger partial charge < -0.3 is 15.7 Å². The number of hydrogen-bond donors (Lipinski definition) is 3. The van der Waals surface area contributed by atoms with Gasteiger partial charge in [-0.2, -0.15) is 0 Å². The number of urea groups is 1. The molecule has 0 aliphatic carbocycles. The van der Waals surface area contributed by atoms with E-state index in [4.69, 9.17) is 5.11 Å². The molecule has 1 unspecified atom stereocenters. The third-order valence-corrected chi connectivity index (χ3v) is 2.90. The molecule has 0 saturated heterocycles. The second-order valence-corrected chi connectivity index (χ2v) is 5.04. The monoisotopic (exact) mass is 282 g/mol. The molecule has 110 valence electrons. The molecule has 20 heavy (non-hydrogen) atoms. The third kappa shape index (κ3) is 4.87. The maximum atomic E-state index is 13.2. The summed E-state index contributed by atoms with van der Waals surface area (Å²) in [5.41, 5.74) is 1.02. The summed E-state index contributed by atoms with van der Waals surface area (Å²) in [6.45, 7) is 5.28. The summed E-state index contributed by atoms with van der Waals surface area (Å²) in [6.07, 6.45) is 0. The minimum absolute atomic E-state index is 0.0210. The van der Waals surface area contributed by atoms with E-state index < -0.39 is 23.7 Å². The van der Waals surface area contributed by atoms with Crippen LogP contribution >= 0.6 is 0 Å². The molecule has 1 aromatic carbocycles. The zero-order chi connectivity index (χ0) is 15.3. The summed E-state index contributed by atoms with van der Waals surface area (Å²) in [7, 11) is 0. The van der Waals surface area contributed by atoms with Gasteiger partial charge >= 0.3 is 12.0 Å². The predicted molar refractivity (Wildman–Crippen MR) is 74.1 cm³/mol. The van der Waals surface area contributed by atoms with Gasteiger partial charge in [0.2, 0.25) is 0 Å². The lowest BCUT2D eigenvalue weighted by Gasteiger charge is -2.17. The van der Waals surface area contributed by atoms with Gasteiger partial charge in [0, 0.05) is 12.2 Å². The molecule has 6 heteroatoms. The number of aryl methyl sites for hydroxylation is 1. The highest BCUT2D eigenvalue weighted by atomic mass is 19.1. The molecule has 2 amide bonds. The smallest absolute Gasteiger partial charge is 0.319 e. The van der Waals surface area contributed by atoms with Crippen LogP contribution in [0, 0.1) is 24.6 Å². The second-order valence-electron chi connectivity index (χ2n) is 5.04. The Hall–Kier alpha value is -2.11. The van der Waals surface area contributed by atoms with Gasteiger partial charge in [-0.25, -0.2) is 9.18 Å². The minimum atomic E-state index is -0.957. The Kier molecular flexibility index (Phi) is 5.49. The van der Waals surface area contributed by atoms with Crippen LogP contribution in [0.25, 0.3) is 0 Å². The van der Waals surface area contributed by atoms with Crippen molar-refractivity contribution in [1.29, 1.82) is 0 Å². The number of amides is 2. The molecule has 1 rings (SSSR count). The van der Waals surface area contributed by atoms with E-state index in [1.165, 1.54) is 12.1 Å². The molecule has 0 aliphatic rings. The van der Waals surface area contributed by atoms with Crippen molar-refractivity contribution in [3.05, 3.63) is 29.6 Å². The molecule has 0 radical (unpaired) electrons. The Morgan fingerprint density at radius 3 is 2.45 bits per heavy atom. The van der Waals surface area contributed by atoms with Crippen LogP contribution in [-0.4, -0.2) is 23.7 Å². The van der Waals surface area contributed by atoms with Crippen molar-refractivity contribution in [3.8, 4) is 0 Å². The van der Waals surface area contributed by atoms with Crippen LogP contribution in [0.4, 0.5) is 14.9 Å². The zero-order valence-corrected chi connectivity index (χ0v) is 11.7. The Balaban J connectivity index is 2.57. The summed E-state index contributed by atoms with van der Waals surface area (Å²) >= 11 is 0. The highest BCUT2D eigenvalue weighted by Gasteiger charge is 2.21. The van der Waals surface area contributed by atoms with Crippen molar-refractivity contribution in [1.82, 2.24) is 5.32 Å². The number of benzene rings is 1. The third-order valence-electron chi connectivity index (χ3n) is 2.90. The van der Waals surface area contributed by atoms with Crippen LogP contribution in [0.15, 0.2) is 18.2 Å². The second kappa shape index (κ2) is 6.88. The lowest BCUT2D eigenvalue weighted by atomic mass is 9.96. The van der Waals surface area contributed by atoms with Gasteiger partial charge in [0.25, 0.3) is 0 Å². The molecule has 0 heterocycles. The minimum Gasteiger partial charge on any atom is -0.481 e. The number of anilines is 1. The highest BCUT2D eigenvalue weighted by molar-refractivity contribution is 5.89. The van der Waals surface area contributed by atoms with Crippen molar-refractivity contribution in [2.24, 2.45) is 11.8 Å². The Labute approximate surface area is 117 Å². The van der Waals surface area contributed by atoms with Crippen molar-refractivity contribution in [2.75, 3.05) is 11.9 Å². The first-order valence-electron chi connectivity index (χ1n) is 6.34. The molecule has 0 bridgehead atoms. The van der Waals surface area contributed by atoms with Gasteiger partial charge in [-0.1, -0.05) is 13.8 Å². The maximum Gasteiger partial charge on any atom is 0.319 e. The molecule has 0 aliphatic heterocycles. The van der Waals surface area contributed by atoms with E-state index in [1.807, 2.05) is 0 Å². The molecule has 0 saturated carbocycles. The quantitative estimate of drug-likeness (QED) is 0.776. The predicted octanol–water partition coefficient (Wildman–Crippen LogP) is 2.61. The van der Waals surface area contributed by atoms with E-state index in [2.05, 4.69) is 10.6 Å². The van der Waals surface area contributed by atoms with Crippen LogP contribution < -0.4 is 10.6 Å². The SMILES string of the molecule is Cc1cc(F)cc(NC(=O)NCC(C(=O)O)C(C)C)c1. The topological polar surface area (TPSA) is 78.4 Å². The van der Waals surface area contributed by atoms with Gasteiger partial charge in [0.05, 0.1) is 5.92 Å². The van der Waals surface area contributed by atoms with Crippen LogP contribution in [0.2, 0.25) is 0 Å². The number of carbonyl (C=O) groups excluding carboxylic acids is 1. The Bertz CT molecular complexity index is 483. The van der Waals surface area contributed by atoms with Crippen molar-refractivity contribution < 1.29 is 19.1 Å². The fourth-order valence-electron chi connectivity index (χ4n) is 1.79. The number of halogens is 1. The molecule has 5 nitrogen and oxygen atoms in total. The summed E-state index contributed by atoms with van der Waals surface area (Å²) in [4.78, 5) is 22.6. The summed E-state index contributed by atoms with van der Waals surface area (Å²) in [5, 5.41) is 14.0. The van der Waals surface area contributed by atoms with Gasteiger partial charge in [0.15, 0.2) is 0 Å². The number of carbonyl (C=O) groups is 2. The van der Waals surface area contributed by atoms with Crippen molar-refractivity contribution in [3.63, 3.8) is 0 Å². The number of rotatable bonds is 5. The number of hydrogen-bond acceptors (Lipinski definition) is 2. The standard InChI is InChI=1S/C14H19FN2O3/c1-8(2)12(13(18)19)7-16-14(20)17-11-5-9(3)4-10(15)6-11/h4-6,8,12H,7H2,1-3H3,(H,18,19)(H2,16,17,20). The Morgan fingerprint density at radius 2 is 1.95 bits per heavy atom. The van der Waals surface area contributed by atoms with Crippen molar-refractivity contribution >= 4 is 17.7 Å². The summed E-state index contributed by atoms with van der Waals surface area (Å²) in [6, 6.07) is 3.62. The number of carboxylic acids is 1. The number of nitrogens with one attached hydrogen (secondary N) is 2. The molecule has 0 aromatic heterocycles. The van der Waals surface area contributed by atoms with Gasteiger partial charge in [-0.15, -0.1) is 0 Å². The van der Waals surface area contributed by atoms with E-state index in [1.54, 1.807) is 26.8 Å². The van der Waals surface area contributed by atoms with Crippen LogP contribution in [0.5, 0.6) is 0 Å². The lowest BCUT2D eigenvalue weighted by molar-refractivity contribution is -0.142. The molecule has 1 atom stereocenters. The van der Waals surface area contributed by atoms with Gasteiger partial charge in [-0.3, -0.25) is 4.79 Å². The van der Waals surface area contributed by atoms with Crippen molar-refractivity contribution in [2.45, 2.75) is 20.8 Å². The van der Waals surface area contributed by atoms with Crippen LogP contribution in [-0.2, 0) is 4.79 Å². The van der Waals surface area contributed by atoms with E-state index in [0.29, 0.717) is 11.3 Å². The number of aliphatic carboxylic acids is 1. The van der Waals surface area contributed by atoms with E-state index in [9.17, 15) is 14.0 Å². The maximum absolute atomic E-state index is 13.2. The highest BCUT2D eigenvalue weighted by Crippen LogP contribution is 2.13. The molecule has 3 N–H and O–H groups in total. The zero-order valence-electron chi connectivity index (χ0n) is 11.7. The molecular formula is C14H19FN2O3. The Morgan fingerprint density at radius 1 is 1.30 bits per heavy atom. The first-order chi connectivity index (χ1) is 9.29. The molecule has 1 aromatic rings. The van der Waals surface area contributed by atoms with E-state index in [-0.39, 0.29) is 12.5 Å². The lowest BCUT2D eigenvalue weighted by Crippen LogP contribution is -2.37. The van der Waals surface area contributed by atoms with Crippen LogP contribution in [0.1, 0.15) is 19.4 Å². The van der Waals surface area contributed by atoms with Gasteiger partial charge in [-0.05, 0) is 36.6 Å². The summed E-state index contributed by atoms with van der Waals surface area (Å²) < 4.78 is 13.2. The average molecular weight is 282 g/mol. The fourth-order valence-corrected chi connectivity index (χ4v) is 1.79. The normalized spacial score (nSPS) is 12.1.